The fraction of sp³-hybridized carbons (Fsp3) is 0.375. The molecule has 1 heterocycles. The van der Waals surface area contributed by atoms with Gasteiger partial charge in [-0.25, -0.2) is 4.98 Å². The Balaban J connectivity index is 2.15. The van der Waals surface area contributed by atoms with Crippen molar-refractivity contribution in [3.05, 3.63) is 17.4 Å². The summed E-state index contributed by atoms with van der Waals surface area (Å²) in [5, 5.41) is 0.332. The van der Waals surface area contributed by atoms with Gasteiger partial charge in [-0.15, -0.1) is 0 Å². The first kappa shape index (κ1) is 7.68. The number of anilines is 1. The number of hydrogen-bond acceptors (Lipinski definition) is 3. The number of nitrogens with two attached hydrogens (primary N) is 1. The van der Waals surface area contributed by atoms with Crippen LogP contribution in [-0.2, 0) is 0 Å². The molecule has 1 aromatic rings. The average Bonchev–Trinajstić information content (AvgIpc) is 2.81. The third-order valence-corrected chi connectivity index (χ3v) is 1.98. The Kier molecular flexibility index (Phi) is 1.81. The predicted molar refractivity (Wildman–Crippen MR) is 47.3 cm³/mol. The van der Waals surface area contributed by atoms with Crippen LogP contribution in [0.1, 0.15) is 12.8 Å². The van der Waals surface area contributed by atoms with Gasteiger partial charge in [0.15, 0.2) is 5.15 Å². The summed E-state index contributed by atoms with van der Waals surface area (Å²) in [6.07, 6.45) is 4.22. The number of halogens is 1. The fourth-order valence-corrected chi connectivity index (χ4v) is 0.991. The van der Waals surface area contributed by atoms with Crippen molar-refractivity contribution in [1.82, 2.24) is 4.98 Å². The molecule has 3 nitrogen and oxygen atoms in total. The molecule has 0 saturated heterocycles. The van der Waals surface area contributed by atoms with Gasteiger partial charge in [0.2, 0.25) is 0 Å². The zero-order chi connectivity index (χ0) is 8.55. The highest BCUT2D eigenvalue weighted by Crippen LogP contribution is 2.28. The van der Waals surface area contributed by atoms with E-state index in [2.05, 4.69) is 4.98 Å². The van der Waals surface area contributed by atoms with Gasteiger partial charge >= 0.3 is 0 Å². The van der Waals surface area contributed by atoms with Gasteiger partial charge in [-0.1, -0.05) is 11.6 Å². The van der Waals surface area contributed by atoms with Gasteiger partial charge in [0, 0.05) is 6.07 Å². The lowest BCUT2D eigenvalue weighted by Crippen LogP contribution is -1.98. The van der Waals surface area contributed by atoms with E-state index in [1.54, 1.807) is 12.3 Å². The Morgan fingerprint density at radius 1 is 1.58 bits per heavy atom. The molecule has 1 aliphatic carbocycles. The van der Waals surface area contributed by atoms with Crippen LogP contribution in [0.5, 0.6) is 5.75 Å². The normalized spacial score (nSPS) is 16.1. The van der Waals surface area contributed by atoms with Crippen LogP contribution in [-0.4, -0.2) is 11.1 Å². The number of nitrogens with zero attached hydrogens (tertiary/aromatic N) is 1. The van der Waals surface area contributed by atoms with E-state index in [1.807, 2.05) is 0 Å². The SMILES string of the molecule is Nc1cc(OC2CC2)cnc1Cl. The van der Waals surface area contributed by atoms with Crippen LogP contribution in [0, 0.1) is 0 Å². The maximum atomic E-state index is 5.64. The van der Waals surface area contributed by atoms with E-state index in [1.165, 1.54) is 0 Å². The quantitative estimate of drug-likeness (QED) is 0.714. The summed E-state index contributed by atoms with van der Waals surface area (Å²) in [5.41, 5.74) is 6.01. The van der Waals surface area contributed by atoms with Gasteiger partial charge in [-0.2, -0.15) is 0 Å². The monoisotopic (exact) mass is 184 g/mol. The van der Waals surface area contributed by atoms with Crippen LogP contribution in [0.25, 0.3) is 0 Å². The maximum absolute atomic E-state index is 5.64. The molecule has 0 unspecified atom stereocenters. The molecule has 0 aliphatic heterocycles. The van der Waals surface area contributed by atoms with Crippen LogP contribution >= 0.6 is 11.6 Å². The summed E-state index contributed by atoms with van der Waals surface area (Å²) in [6.45, 7) is 0. The number of rotatable bonds is 2. The second kappa shape index (κ2) is 2.83. The molecule has 0 amide bonds. The number of pyridine rings is 1. The minimum absolute atomic E-state index is 0.332. The first-order chi connectivity index (χ1) is 5.75. The van der Waals surface area contributed by atoms with E-state index in [0.717, 1.165) is 12.8 Å². The number of hydrogen-bond donors (Lipinski definition) is 1. The molecule has 2 N–H and O–H groups in total. The first-order valence-electron chi connectivity index (χ1n) is 3.83. The van der Waals surface area contributed by atoms with Crippen molar-refractivity contribution in [1.29, 1.82) is 0 Å². The Labute approximate surface area is 75.5 Å². The van der Waals surface area contributed by atoms with Crippen molar-refractivity contribution >= 4 is 17.3 Å². The van der Waals surface area contributed by atoms with Crippen LogP contribution < -0.4 is 10.5 Å². The Morgan fingerprint density at radius 2 is 2.33 bits per heavy atom. The first-order valence-corrected chi connectivity index (χ1v) is 4.21. The molecule has 0 atom stereocenters. The molecular formula is C8H9ClN2O. The van der Waals surface area contributed by atoms with E-state index >= 15 is 0 Å². The third kappa shape index (κ3) is 1.61. The standard InChI is InChI=1S/C8H9ClN2O/c9-8-7(10)3-6(4-11-8)12-5-1-2-5/h3-5H,1-2,10H2. The Bertz CT molecular complexity index is 299. The zero-order valence-electron chi connectivity index (χ0n) is 6.46. The van der Waals surface area contributed by atoms with Crippen molar-refractivity contribution in [2.75, 3.05) is 5.73 Å². The largest absolute Gasteiger partial charge is 0.489 e. The summed E-state index contributed by atoms with van der Waals surface area (Å²) < 4.78 is 5.46. The van der Waals surface area contributed by atoms with Crippen molar-refractivity contribution < 1.29 is 4.74 Å². The van der Waals surface area contributed by atoms with Gasteiger partial charge in [0.1, 0.15) is 5.75 Å². The third-order valence-electron chi connectivity index (χ3n) is 1.67. The smallest absolute Gasteiger partial charge is 0.152 e. The van der Waals surface area contributed by atoms with Crippen molar-refractivity contribution in [2.24, 2.45) is 0 Å². The molecule has 1 aromatic heterocycles. The van der Waals surface area contributed by atoms with Gasteiger partial charge in [0.25, 0.3) is 0 Å². The van der Waals surface area contributed by atoms with Crippen molar-refractivity contribution in [2.45, 2.75) is 18.9 Å². The second-order valence-corrected chi connectivity index (χ2v) is 3.23. The summed E-state index contributed by atoms with van der Waals surface area (Å²) in [4.78, 5) is 3.87. The van der Waals surface area contributed by atoms with Gasteiger partial charge < -0.3 is 10.5 Å². The zero-order valence-corrected chi connectivity index (χ0v) is 7.21. The molecule has 1 fully saturated rings. The molecule has 64 valence electrons. The summed E-state index contributed by atoms with van der Waals surface area (Å²) in [6, 6.07) is 1.70. The van der Waals surface area contributed by atoms with E-state index in [-0.39, 0.29) is 0 Å². The van der Waals surface area contributed by atoms with E-state index in [0.29, 0.717) is 22.7 Å². The molecule has 0 aromatic carbocycles. The average molecular weight is 185 g/mol. The number of aromatic nitrogens is 1. The molecule has 0 radical (unpaired) electrons. The van der Waals surface area contributed by atoms with E-state index in [9.17, 15) is 0 Å². The molecule has 0 bridgehead atoms. The minimum Gasteiger partial charge on any atom is -0.489 e. The molecule has 1 saturated carbocycles. The number of ether oxygens (including phenoxy) is 1. The minimum atomic E-state index is 0.332. The van der Waals surface area contributed by atoms with Gasteiger partial charge in [-0.3, -0.25) is 0 Å². The molecule has 4 heteroatoms. The lowest BCUT2D eigenvalue weighted by atomic mass is 10.4. The summed E-state index contributed by atoms with van der Waals surface area (Å²) in [5.74, 6) is 0.708. The molecule has 1 aliphatic rings. The Morgan fingerprint density at radius 3 is 2.92 bits per heavy atom. The van der Waals surface area contributed by atoms with Crippen molar-refractivity contribution in [3.63, 3.8) is 0 Å². The van der Waals surface area contributed by atoms with Crippen LogP contribution in [0.2, 0.25) is 5.15 Å². The van der Waals surface area contributed by atoms with Crippen molar-refractivity contribution in [3.8, 4) is 5.75 Å². The maximum Gasteiger partial charge on any atom is 0.152 e. The molecular weight excluding hydrogens is 176 g/mol. The molecule has 2 rings (SSSR count). The summed E-state index contributed by atoms with van der Waals surface area (Å²) >= 11 is 5.64. The van der Waals surface area contributed by atoms with Gasteiger partial charge in [-0.05, 0) is 12.8 Å². The van der Waals surface area contributed by atoms with E-state index < -0.39 is 0 Å². The second-order valence-electron chi connectivity index (χ2n) is 2.87. The lowest BCUT2D eigenvalue weighted by molar-refractivity contribution is 0.302. The highest BCUT2D eigenvalue weighted by atomic mass is 35.5. The van der Waals surface area contributed by atoms with Crippen LogP contribution in [0.3, 0.4) is 0 Å². The van der Waals surface area contributed by atoms with Crippen LogP contribution in [0.15, 0.2) is 12.3 Å². The molecule has 0 spiro atoms. The summed E-state index contributed by atoms with van der Waals surface area (Å²) in [7, 11) is 0. The van der Waals surface area contributed by atoms with E-state index in [4.69, 9.17) is 22.1 Å². The fourth-order valence-electron chi connectivity index (χ4n) is 0.888. The van der Waals surface area contributed by atoms with Crippen LogP contribution in [0.4, 0.5) is 5.69 Å². The lowest BCUT2D eigenvalue weighted by Gasteiger charge is -2.04. The molecule has 12 heavy (non-hydrogen) atoms. The Hall–Kier alpha value is -0.960. The van der Waals surface area contributed by atoms with Gasteiger partial charge in [0.05, 0.1) is 18.0 Å². The highest BCUT2D eigenvalue weighted by molar-refractivity contribution is 6.31. The highest BCUT2D eigenvalue weighted by Gasteiger charge is 2.23. The topological polar surface area (TPSA) is 48.1 Å². The number of nitrogen functional groups attached to an aromatic ring is 1. The predicted octanol–water partition coefficient (Wildman–Crippen LogP) is 1.86.